The first-order valence-electron chi connectivity index (χ1n) is 8.39. The molecule has 5 nitrogen and oxygen atoms in total. The Morgan fingerprint density at radius 3 is 2.33 bits per heavy atom. The number of nitrogens with one attached hydrogen (secondary N) is 2. The van der Waals surface area contributed by atoms with Crippen molar-refractivity contribution < 1.29 is 13.2 Å². The molecule has 0 aliphatic heterocycles. The summed E-state index contributed by atoms with van der Waals surface area (Å²) in [7, 11) is 3.59. The van der Waals surface area contributed by atoms with Gasteiger partial charge in [0.15, 0.2) is 5.96 Å². The van der Waals surface area contributed by atoms with Crippen molar-refractivity contribution in [2.45, 2.75) is 19.3 Å². The summed E-state index contributed by atoms with van der Waals surface area (Å²) in [6, 6.07) is 12.9. The van der Waals surface area contributed by atoms with E-state index >= 15 is 0 Å². The number of imidazole rings is 1. The molecule has 0 fully saturated rings. The molecule has 0 aliphatic carbocycles. The van der Waals surface area contributed by atoms with Crippen LogP contribution in [0.5, 0.6) is 0 Å². The second kappa shape index (κ2) is 7.69. The average Bonchev–Trinajstić information content (AvgIpc) is 2.98. The van der Waals surface area contributed by atoms with E-state index in [0.29, 0.717) is 19.0 Å². The molecule has 0 bridgehead atoms. The minimum Gasteiger partial charge on any atom is -0.352 e. The quantitative estimate of drug-likeness (QED) is 0.542. The van der Waals surface area contributed by atoms with E-state index < -0.39 is 11.7 Å². The number of guanidine groups is 1. The van der Waals surface area contributed by atoms with Crippen LogP contribution in [0.1, 0.15) is 17.0 Å². The van der Waals surface area contributed by atoms with Gasteiger partial charge in [0.1, 0.15) is 5.82 Å². The van der Waals surface area contributed by atoms with Crippen molar-refractivity contribution in [2.24, 2.45) is 12.0 Å². The van der Waals surface area contributed by atoms with Gasteiger partial charge in [-0.3, -0.25) is 4.99 Å². The summed E-state index contributed by atoms with van der Waals surface area (Å²) in [5.74, 6) is 1.40. The monoisotopic (exact) mass is 375 g/mol. The molecule has 8 heteroatoms. The number of hydrogen-bond acceptors (Lipinski definition) is 2. The number of rotatable bonds is 4. The van der Waals surface area contributed by atoms with Gasteiger partial charge in [-0.2, -0.15) is 13.2 Å². The van der Waals surface area contributed by atoms with Gasteiger partial charge in [-0.1, -0.05) is 24.3 Å². The molecular formula is C19H20F3N5. The van der Waals surface area contributed by atoms with Crippen molar-refractivity contribution in [2.75, 3.05) is 7.05 Å². The van der Waals surface area contributed by atoms with E-state index in [-0.39, 0.29) is 0 Å². The molecule has 0 amide bonds. The lowest BCUT2D eigenvalue weighted by Gasteiger charge is -2.12. The molecule has 0 saturated heterocycles. The Bertz CT molecular complexity index is 942. The molecule has 3 aromatic rings. The van der Waals surface area contributed by atoms with Gasteiger partial charge in [-0.25, -0.2) is 4.98 Å². The van der Waals surface area contributed by atoms with Crippen molar-refractivity contribution in [3.8, 4) is 0 Å². The van der Waals surface area contributed by atoms with Crippen LogP contribution in [-0.4, -0.2) is 22.6 Å². The van der Waals surface area contributed by atoms with Crippen LogP contribution in [0.15, 0.2) is 53.5 Å². The van der Waals surface area contributed by atoms with Crippen LogP contribution >= 0.6 is 0 Å². The summed E-state index contributed by atoms with van der Waals surface area (Å²) in [4.78, 5) is 8.72. The molecular weight excluding hydrogens is 355 g/mol. The zero-order valence-electron chi connectivity index (χ0n) is 15.0. The van der Waals surface area contributed by atoms with E-state index in [2.05, 4.69) is 20.6 Å². The predicted octanol–water partition coefficient (Wildman–Crippen LogP) is 3.46. The molecule has 1 heterocycles. The van der Waals surface area contributed by atoms with Gasteiger partial charge in [0, 0.05) is 20.6 Å². The number of aliphatic imine (C=N–C) groups is 1. The van der Waals surface area contributed by atoms with Gasteiger partial charge in [-0.05, 0) is 29.8 Å². The molecule has 0 unspecified atom stereocenters. The largest absolute Gasteiger partial charge is 0.416 e. The molecule has 0 saturated carbocycles. The van der Waals surface area contributed by atoms with E-state index in [1.807, 2.05) is 35.9 Å². The Labute approximate surface area is 154 Å². The smallest absolute Gasteiger partial charge is 0.352 e. The molecule has 142 valence electrons. The second-order valence-corrected chi connectivity index (χ2v) is 6.05. The number of para-hydroxylation sites is 2. The second-order valence-electron chi connectivity index (χ2n) is 6.05. The number of alkyl halides is 3. The Morgan fingerprint density at radius 1 is 1.04 bits per heavy atom. The minimum absolute atomic E-state index is 0.361. The van der Waals surface area contributed by atoms with Gasteiger partial charge in [0.25, 0.3) is 0 Å². The van der Waals surface area contributed by atoms with Crippen LogP contribution in [0.25, 0.3) is 11.0 Å². The van der Waals surface area contributed by atoms with E-state index in [1.165, 1.54) is 12.1 Å². The van der Waals surface area contributed by atoms with Crippen LogP contribution < -0.4 is 10.6 Å². The number of benzene rings is 2. The number of hydrogen-bond donors (Lipinski definition) is 2. The summed E-state index contributed by atoms with van der Waals surface area (Å²) in [6.07, 6.45) is -4.32. The van der Waals surface area contributed by atoms with E-state index in [9.17, 15) is 13.2 Å². The highest BCUT2D eigenvalue weighted by Crippen LogP contribution is 2.29. The molecule has 3 rings (SSSR count). The molecule has 2 N–H and O–H groups in total. The van der Waals surface area contributed by atoms with Crippen LogP contribution in [-0.2, 0) is 26.3 Å². The van der Waals surface area contributed by atoms with E-state index in [1.54, 1.807) is 7.05 Å². The fourth-order valence-electron chi connectivity index (χ4n) is 2.73. The molecule has 0 spiro atoms. The minimum atomic E-state index is -4.32. The van der Waals surface area contributed by atoms with Gasteiger partial charge in [0.05, 0.1) is 23.1 Å². The molecule has 2 aromatic carbocycles. The van der Waals surface area contributed by atoms with Crippen molar-refractivity contribution in [1.29, 1.82) is 0 Å². The summed E-state index contributed by atoms with van der Waals surface area (Å²) >= 11 is 0. The average molecular weight is 375 g/mol. The van der Waals surface area contributed by atoms with Crippen molar-refractivity contribution in [1.82, 2.24) is 20.2 Å². The lowest BCUT2D eigenvalue weighted by atomic mass is 10.1. The van der Waals surface area contributed by atoms with Gasteiger partial charge in [-0.15, -0.1) is 0 Å². The molecule has 0 radical (unpaired) electrons. The van der Waals surface area contributed by atoms with Crippen molar-refractivity contribution >= 4 is 17.0 Å². The summed E-state index contributed by atoms with van der Waals surface area (Å²) in [5.41, 5.74) is 2.04. The molecule has 1 aromatic heterocycles. The van der Waals surface area contributed by atoms with Crippen LogP contribution in [0.3, 0.4) is 0 Å². The molecule has 27 heavy (non-hydrogen) atoms. The first kappa shape index (κ1) is 18.8. The topological polar surface area (TPSA) is 54.2 Å². The maximum Gasteiger partial charge on any atom is 0.416 e. The van der Waals surface area contributed by atoms with E-state index in [0.717, 1.165) is 34.6 Å². The lowest BCUT2D eigenvalue weighted by Crippen LogP contribution is -2.36. The standard InChI is InChI=1S/C19H20F3N5/c1-23-18(24-11-13-7-9-14(10-8-13)19(20,21)22)25-12-17-26-15-5-3-4-6-16(15)27(17)2/h3-10H,11-12H2,1-2H3,(H2,23,24,25). The number of nitrogens with zero attached hydrogens (tertiary/aromatic N) is 3. The van der Waals surface area contributed by atoms with Gasteiger partial charge in [0.2, 0.25) is 0 Å². The van der Waals surface area contributed by atoms with Gasteiger partial charge >= 0.3 is 6.18 Å². The fraction of sp³-hybridized carbons (Fsp3) is 0.263. The normalized spacial score (nSPS) is 12.4. The van der Waals surface area contributed by atoms with Gasteiger partial charge < -0.3 is 15.2 Å². The SMILES string of the molecule is CN=C(NCc1ccc(C(F)(F)F)cc1)NCc1nc2ccccc2n1C. The summed E-state index contributed by atoms with van der Waals surface area (Å²) < 4.78 is 39.8. The first-order valence-corrected chi connectivity index (χ1v) is 8.39. The third-order valence-electron chi connectivity index (χ3n) is 4.26. The fourth-order valence-corrected chi connectivity index (χ4v) is 2.73. The Kier molecular flexibility index (Phi) is 5.34. The Hall–Kier alpha value is -3.03. The highest BCUT2D eigenvalue weighted by molar-refractivity contribution is 5.80. The maximum absolute atomic E-state index is 12.6. The van der Waals surface area contributed by atoms with Crippen LogP contribution in [0, 0.1) is 0 Å². The molecule has 0 atom stereocenters. The maximum atomic E-state index is 12.6. The predicted molar refractivity (Wildman–Crippen MR) is 99.2 cm³/mol. The number of aromatic nitrogens is 2. The third kappa shape index (κ3) is 4.39. The Morgan fingerprint density at radius 2 is 1.70 bits per heavy atom. The van der Waals surface area contributed by atoms with Crippen molar-refractivity contribution in [3.05, 3.63) is 65.5 Å². The lowest BCUT2D eigenvalue weighted by molar-refractivity contribution is -0.137. The zero-order valence-corrected chi connectivity index (χ0v) is 15.0. The highest BCUT2D eigenvalue weighted by atomic mass is 19.4. The first-order chi connectivity index (χ1) is 12.9. The van der Waals surface area contributed by atoms with E-state index in [4.69, 9.17) is 0 Å². The third-order valence-corrected chi connectivity index (χ3v) is 4.26. The van der Waals surface area contributed by atoms with Crippen LogP contribution in [0.4, 0.5) is 13.2 Å². The number of aryl methyl sites for hydroxylation is 1. The summed E-state index contributed by atoms with van der Waals surface area (Å²) in [5, 5.41) is 6.26. The number of halogens is 3. The highest BCUT2D eigenvalue weighted by Gasteiger charge is 2.29. The van der Waals surface area contributed by atoms with Crippen molar-refractivity contribution in [3.63, 3.8) is 0 Å². The number of fused-ring (bicyclic) bond motifs is 1. The Balaban J connectivity index is 1.58. The zero-order chi connectivity index (χ0) is 19.4. The molecule has 0 aliphatic rings. The van der Waals surface area contributed by atoms with Crippen LogP contribution in [0.2, 0.25) is 0 Å². The summed E-state index contributed by atoms with van der Waals surface area (Å²) in [6.45, 7) is 0.832.